The first kappa shape index (κ1) is 18.8. The Morgan fingerprint density at radius 3 is 2.61 bits per heavy atom. The van der Waals surface area contributed by atoms with Crippen LogP contribution in [0.2, 0.25) is 0 Å². The van der Waals surface area contributed by atoms with Crippen LogP contribution in [0.15, 0.2) is 17.1 Å². The van der Waals surface area contributed by atoms with Gasteiger partial charge in [0.15, 0.2) is 0 Å². The number of halogens is 3. The van der Waals surface area contributed by atoms with Crippen LogP contribution in [0.5, 0.6) is 0 Å². The Morgan fingerprint density at radius 2 is 2.07 bits per heavy atom. The van der Waals surface area contributed by atoms with Crippen LogP contribution in [0.25, 0.3) is 10.9 Å². The van der Waals surface area contributed by atoms with Gasteiger partial charge in [0.25, 0.3) is 0 Å². The molecule has 4 atom stereocenters. The first-order valence-electron chi connectivity index (χ1n) is 9.06. The van der Waals surface area contributed by atoms with E-state index < -0.39 is 53.6 Å². The summed E-state index contributed by atoms with van der Waals surface area (Å²) in [7, 11) is 0. The number of aromatic nitrogens is 1. The van der Waals surface area contributed by atoms with Crippen molar-refractivity contribution in [2.24, 2.45) is 11.7 Å². The fourth-order valence-electron chi connectivity index (χ4n) is 4.15. The van der Waals surface area contributed by atoms with Gasteiger partial charge in [-0.25, -0.2) is 13.6 Å². The molecule has 28 heavy (non-hydrogen) atoms. The highest BCUT2D eigenvalue weighted by Gasteiger charge is 2.41. The van der Waals surface area contributed by atoms with Crippen LogP contribution in [-0.2, 0) is 0 Å². The largest absolute Gasteiger partial charge is 0.477 e. The predicted octanol–water partition coefficient (Wildman–Crippen LogP) is 2.16. The minimum absolute atomic E-state index is 0.108. The summed E-state index contributed by atoms with van der Waals surface area (Å²) < 4.78 is 43.3. The molecule has 9 heteroatoms. The number of alkyl halides is 2. The van der Waals surface area contributed by atoms with Gasteiger partial charge in [0, 0.05) is 43.1 Å². The number of pyridine rings is 1. The molecule has 1 saturated carbocycles. The van der Waals surface area contributed by atoms with Crippen molar-refractivity contribution in [3.8, 4) is 0 Å². The molecule has 2 heterocycles. The molecular weight excluding hydrogens is 375 g/mol. The summed E-state index contributed by atoms with van der Waals surface area (Å²) in [5.41, 5.74) is 5.46. The average Bonchev–Trinajstić information content (AvgIpc) is 3.24. The zero-order chi connectivity index (χ0) is 20.3. The van der Waals surface area contributed by atoms with Gasteiger partial charge >= 0.3 is 5.97 Å². The van der Waals surface area contributed by atoms with E-state index in [0.717, 1.165) is 12.3 Å². The van der Waals surface area contributed by atoms with E-state index in [1.807, 2.05) is 0 Å². The van der Waals surface area contributed by atoms with Crippen LogP contribution in [0.3, 0.4) is 0 Å². The quantitative estimate of drug-likeness (QED) is 0.828. The molecule has 2 unspecified atom stereocenters. The van der Waals surface area contributed by atoms with E-state index in [4.69, 9.17) is 5.73 Å². The second-order valence-electron chi connectivity index (χ2n) is 7.61. The van der Waals surface area contributed by atoms with Gasteiger partial charge in [-0.15, -0.1) is 0 Å². The zero-order valence-electron chi connectivity index (χ0n) is 15.2. The zero-order valence-corrected chi connectivity index (χ0v) is 15.2. The van der Waals surface area contributed by atoms with Crippen molar-refractivity contribution in [2.45, 2.75) is 31.6 Å². The number of rotatable bonds is 4. The molecule has 1 aromatic heterocycles. The second-order valence-corrected chi connectivity index (χ2v) is 7.61. The lowest BCUT2D eigenvalue weighted by molar-refractivity contribution is 0.0694. The fourth-order valence-corrected chi connectivity index (χ4v) is 4.15. The van der Waals surface area contributed by atoms with Crippen molar-refractivity contribution < 1.29 is 23.1 Å². The lowest BCUT2D eigenvalue weighted by atomic mass is 10.0. The van der Waals surface area contributed by atoms with E-state index in [2.05, 4.69) is 0 Å². The van der Waals surface area contributed by atoms with Gasteiger partial charge in [0.1, 0.15) is 17.6 Å². The van der Waals surface area contributed by atoms with Crippen molar-refractivity contribution >= 4 is 22.6 Å². The standard InChI is InChI=1S/C19H20F3N3O3/c1-8-16-10(2-13(22)17(8)24-5-9(4-20)14(23)7-24)18(26)11(19(27)28)6-25(16)15-3-12(15)21/h2,6,9,12,14-15H,3-5,7,23H2,1H3,(H,27,28)/t9?,12-,14?,15+/m0/s1. The Hall–Kier alpha value is -2.55. The smallest absolute Gasteiger partial charge is 0.341 e. The molecular formula is C19H20F3N3O3. The van der Waals surface area contributed by atoms with Crippen molar-refractivity contribution in [2.75, 3.05) is 24.7 Å². The van der Waals surface area contributed by atoms with Crippen molar-refractivity contribution in [3.63, 3.8) is 0 Å². The van der Waals surface area contributed by atoms with E-state index in [1.54, 1.807) is 11.8 Å². The summed E-state index contributed by atoms with van der Waals surface area (Å²) in [5.74, 6) is -2.59. The van der Waals surface area contributed by atoms with Gasteiger partial charge in [-0.1, -0.05) is 0 Å². The molecule has 150 valence electrons. The van der Waals surface area contributed by atoms with E-state index in [1.165, 1.54) is 4.57 Å². The maximum absolute atomic E-state index is 15.0. The summed E-state index contributed by atoms with van der Waals surface area (Å²) in [6.07, 6.45) is 0.171. The molecule has 0 radical (unpaired) electrons. The lowest BCUT2D eigenvalue weighted by Gasteiger charge is -2.24. The highest BCUT2D eigenvalue weighted by atomic mass is 19.1. The number of aryl methyl sites for hydroxylation is 1. The first-order chi connectivity index (χ1) is 13.2. The molecule has 0 amide bonds. The van der Waals surface area contributed by atoms with Crippen molar-refractivity contribution in [1.29, 1.82) is 0 Å². The molecule has 4 rings (SSSR count). The van der Waals surface area contributed by atoms with Crippen LogP contribution in [0, 0.1) is 18.7 Å². The summed E-state index contributed by atoms with van der Waals surface area (Å²) in [6, 6.07) is -0.0558. The van der Waals surface area contributed by atoms with Gasteiger partial charge in [-0.2, -0.15) is 0 Å². The van der Waals surface area contributed by atoms with E-state index >= 15 is 0 Å². The number of nitrogens with zero attached hydrogens (tertiary/aromatic N) is 2. The Labute approximate surface area is 158 Å². The van der Waals surface area contributed by atoms with Crippen LogP contribution in [-0.4, -0.2) is 47.6 Å². The van der Waals surface area contributed by atoms with Gasteiger partial charge < -0.3 is 20.3 Å². The molecule has 0 spiro atoms. The first-order valence-corrected chi connectivity index (χ1v) is 9.06. The van der Waals surface area contributed by atoms with Gasteiger partial charge in [0.05, 0.1) is 23.9 Å². The van der Waals surface area contributed by atoms with Crippen LogP contribution < -0.4 is 16.1 Å². The summed E-state index contributed by atoms with van der Waals surface area (Å²) in [5, 5.41) is 9.20. The molecule has 2 fully saturated rings. The minimum Gasteiger partial charge on any atom is -0.477 e. The van der Waals surface area contributed by atoms with Crippen molar-refractivity contribution in [1.82, 2.24) is 4.57 Å². The Kier molecular flexibility index (Phi) is 4.37. The number of nitrogens with two attached hydrogens (primary N) is 1. The number of anilines is 1. The fraction of sp³-hybridized carbons (Fsp3) is 0.474. The minimum atomic E-state index is -1.45. The molecule has 2 aliphatic rings. The summed E-state index contributed by atoms with van der Waals surface area (Å²) >= 11 is 0. The van der Waals surface area contributed by atoms with E-state index in [9.17, 15) is 27.9 Å². The van der Waals surface area contributed by atoms with E-state index in [-0.39, 0.29) is 30.6 Å². The molecule has 1 saturated heterocycles. The van der Waals surface area contributed by atoms with E-state index in [0.29, 0.717) is 11.1 Å². The number of aromatic carboxylic acids is 1. The molecule has 1 aliphatic carbocycles. The number of fused-ring (bicyclic) bond motifs is 1. The topological polar surface area (TPSA) is 88.6 Å². The number of carbonyl (C=O) groups is 1. The molecule has 1 aliphatic heterocycles. The maximum Gasteiger partial charge on any atom is 0.341 e. The number of carboxylic acids is 1. The molecule has 6 nitrogen and oxygen atoms in total. The number of benzene rings is 1. The van der Waals surface area contributed by atoms with Gasteiger partial charge in [0.2, 0.25) is 5.43 Å². The highest BCUT2D eigenvalue weighted by Crippen LogP contribution is 2.43. The number of hydrogen-bond donors (Lipinski definition) is 2. The van der Waals surface area contributed by atoms with Crippen LogP contribution in [0.4, 0.5) is 18.9 Å². The third kappa shape index (κ3) is 2.76. The monoisotopic (exact) mass is 395 g/mol. The maximum atomic E-state index is 15.0. The normalized spacial score (nSPS) is 26.8. The summed E-state index contributed by atoms with van der Waals surface area (Å²) in [4.78, 5) is 25.7. The summed E-state index contributed by atoms with van der Waals surface area (Å²) in [6.45, 7) is 1.46. The Morgan fingerprint density at radius 1 is 1.39 bits per heavy atom. The predicted molar refractivity (Wildman–Crippen MR) is 98.1 cm³/mol. The highest BCUT2D eigenvalue weighted by molar-refractivity contribution is 5.95. The van der Waals surface area contributed by atoms with Crippen LogP contribution >= 0.6 is 0 Å². The lowest BCUT2D eigenvalue weighted by Crippen LogP contribution is -2.30. The molecule has 2 aromatic rings. The Bertz CT molecular complexity index is 1040. The van der Waals surface area contributed by atoms with Crippen LogP contribution in [0.1, 0.15) is 28.4 Å². The van der Waals surface area contributed by atoms with Gasteiger partial charge in [-0.3, -0.25) is 9.18 Å². The second kappa shape index (κ2) is 6.51. The van der Waals surface area contributed by atoms with Crippen molar-refractivity contribution in [3.05, 3.63) is 39.4 Å². The molecule has 0 bridgehead atoms. The third-order valence-electron chi connectivity index (χ3n) is 5.75. The molecule has 3 N–H and O–H groups in total. The molecule has 1 aromatic carbocycles. The Balaban J connectivity index is 1.97. The van der Waals surface area contributed by atoms with Gasteiger partial charge in [-0.05, 0) is 18.6 Å². The number of carboxylic acid groups (broad SMARTS) is 1. The average molecular weight is 395 g/mol. The third-order valence-corrected chi connectivity index (χ3v) is 5.75. The number of hydrogen-bond acceptors (Lipinski definition) is 4. The SMILES string of the molecule is Cc1c(N2CC(N)C(CF)C2)c(F)cc2c(=O)c(C(=O)O)cn([C@@H]3C[C@@H]3F)c12.